The third kappa shape index (κ3) is 5.20. The number of nitrogens with zero attached hydrogens (tertiary/aromatic N) is 1. The van der Waals surface area contributed by atoms with Gasteiger partial charge in [0.1, 0.15) is 0 Å². The monoisotopic (exact) mass is 653 g/mol. The summed E-state index contributed by atoms with van der Waals surface area (Å²) in [5.41, 5.74) is 12.3. The maximum Gasteiger partial charge on any atom is -0.0454 e. The Hall–Kier alpha value is -1.42. The molecular weight excluding hydrogens is 636 g/mol. The van der Waals surface area contributed by atoms with Crippen LogP contribution in [0.3, 0.4) is 0 Å². The fourth-order valence-electron chi connectivity index (χ4n) is 5.04. The van der Waals surface area contributed by atoms with Crippen molar-refractivity contribution in [2.75, 3.05) is 0 Å². The molecule has 0 unspecified atom stereocenters. The first-order chi connectivity index (χ1) is 16.2. The molecule has 0 spiro atoms. The molecule has 0 N–H and O–H groups in total. The summed E-state index contributed by atoms with van der Waals surface area (Å²) in [6, 6.07) is 34.3. The maximum atomic E-state index is 4.17. The van der Waals surface area contributed by atoms with Gasteiger partial charge in [-0.25, -0.2) is 0 Å². The minimum absolute atomic E-state index is 0. The Morgan fingerprint density at radius 1 is 0.800 bits per heavy atom. The van der Waals surface area contributed by atoms with Crippen LogP contribution in [0, 0.1) is 12.1 Å². The molecule has 1 heterocycles. The summed E-state index contributed by atoms with van der Waals surface area (Å²) in [4.78, 5) is 0. The van der Waals surface area contributed by atoms with Crippen molar-refractivity contribution in [1.82, 2.24) is 4.57 Å². The second-order valence-corrected chi connectivity index (χ2v) is 9.12. The van der Waals surface area contributed by atoms with Gasteiger partial charge in [0.25, 0.3) is 0 Å². The zero-order chi connectivity index (χ0) is 22.9. The summed E-state index contributed by atoms with van der Waals surface area (Å²) in [6.45, 7) is 0. The normalized spacial score (nSPS) is 11.3. The van der Waals surface area contributed by atoms with Gasteiger partial charge in [0, 0.05) is 22.8 Å². The molecule has 2 aliphatic carbocycles. The molecule has 5 aromatic rings. The van der Waals surface area contributed by atoms with Gasteiger partial charge in [0.05, 0.1) is 0 Å². The Balaban J connectivity index is 0.000000180. The fourth-order valence-corrected chi connectivity index (χ4v) is 5.44. The average molecular weight is 657 g/mol. The number of aryl methyl sites for hydroxylation is 1. The van der Waals surface area contributed by atoms with E-state index in [9.17, 15) is 0 Å². The predicted octanol–water partition coefficient (Wildman–Crippen LogP) is 2.02. The number of aromatic nitrogens is 1. The molecule has 0 saturated heterocycles. The van der Waals surface area contributed by atoms with Gasteiger partial charge in [0.2, 0.25) is 0 Å². The van der Waals surface area contributed by atoms with Gasteiger partial charge >= 0.3 is 31.5 Å². The summed E-state index contributed by atoms with van der Waals surface area (Å²) in [5, 5.41) is 1.34. The van der Waals surface area contributed by atoms with Crippen molar-refractivity contribution in [3.05, 3.63) is 118 Å². The minimum Gasteiger partial charge on any atom is -0.147 e. The van der Waals surface area contributed by atoms with E-state index >= 15 is 0 Å². The Labute approximate surface area is 245 Å². The van der Waals surface area contributed by atoms with E-state index in [0.29, 0.717) is 0 Å². The van der Waals surface area contributed by atoms with E-state index in [4.69, 9.17) is 0 Å². The first kappa shape index (κ1) is 28.2. The SMILES string of the molecule is Cn1c2c(c3ccc[c-]c31)Cc1cc(Br)ccc1-2.[Cl-].[Cl-].[S]=[Zr+2].[c-]1cccc2c1-c1ccccc1C2. The molecule has 174 valence electrons. The molecular formula is C29H20BrCl2NSZr-2. The third-order valence-electron chi connectivity index (χ3n) is 6.42. The number of para-hydroxylation sites is 1. The number of hydrogen-bond acceptors (Lipinski definition) is 1. The topological polar surface area (TPSA) is 4.93 Å². The molecule has 6 heteroatoms. The molecule has 2 aliphatic rings. The Morgan fingerprint density at radius 2 is 1.51 bits per heavy atom. The summed E-state index contributed by atoms with van der Waals surface area (Å²) < 4.78 is 3.43. The van der Waals surface area contributed by atoms with Crippen LogP contribution < -0.4 is 24.8 Å². The van der Waals surface area contributed by atoms with Crippen LogP contribution in [-0.2, 0) is 42.6 Å². The van der Waals surface area contributed by atoms with Gasteiger partial charge in [-0.2, -0.15) is 24.3 Å². The van der Waals surface area contributed by atoms with Crippen molar-refractivity contribution in [3.63, 3.8) is 0 Å². The van der Waals surface area contributed by atoms with E-state index < -0.39 is 0 Å². The van der Waals surface area contributed by atoms with Crippen LogP contribution in [0.25, 0.3) is 33.3 Å². The molecule has 1 nitrogen and oxygen atoms in total. The molecule has 1 aromatic heterocycles. The van der Waals surface area contributed by atoms with Gasteiger partial charge in [-0.3, -0.25) is 0 Å². The van der Waals surface area contributed by atoms with Crippen LogP contribution in [0.5, 0.6) is 0 Å². The zero-order valence-corrected chi connectivity index (χ0v) is 25.3. The van der Waals surface area contributed by atoms with Crippen LogP contribution >= 0.6 is 24.8 Å². The van der Waals surface area contributed by atoms with E-state index in [0.717, 1.165) is 40.0 Å². The number of fused-ring (bicyclic) bond motifs is 8. The Morgan fingerprint density at radius 3 is 2.34 bits per heavy atom. The summed E-state index contributed by atoms with van der Waals surface area (Å²) in [5.74, 6) is 0. The number of benzene rings is 4. The molecule has 0 amide bonds. The molecule has 0 atom stereocenters. The first-order valence-corrected chi connectivity index (χ1v) is 15.0. The van der Waals surface area contributed by atoms with Crippen molar-refractivity contribution >= 4 is 35.7 Å². The summed E-state index contributed by atoms with van der Waals surface area (Å²) >= 11 is 4.69. The standard InChI is InChI=1S/C16H11BrN.C13H9.2ClH.S.Zr/c1-18-15-5-3-2-4-13(15)14-9-10-8-11(17)6-7-12(10)16(14)18;1-3-7-12-10(5-1)9-11-6-2-4-8-13(11)12;;;;/h2-4,6-8H,9H2,1H3;1-7H,9H2;2*1H;;/q2*-1;;;;+2/p-2. The van der Waals surface area contributed by atoms with E-state index in [-0.39, 0.29) is 24.8 Å². The van der Waals surface area contributed by atoms with Gasteiger partial charge in [-0.15, -0.1) is 40.8 Å². The number of halogens is 3. The van der Waals surface area contributed by atoms with Crippen molar-refractivity contribution < 1.29 is 47.5 Å². The van der Waals surface area contributed by atoms with E-state index in [2.05, 4.69) is 115 Å². The molecule has 0 aliphatic heterocycles. The fraction of sp³-hybridized carbons (Fsp3) is 0.103. The second kappa shape index (κ2) is 12.2. The Bertz CT molecular complexity index is 1450. The molecule has 0 saturated carbocycles. The van der Waals surface area contributed by atoms with Crippen molar-refractivity contribution in [1.29, 1.82) is 0 Å². The van der Waals surface area contributed by atoms with Crippen LogP contribution in [0.2, 0.25) is 0 Å². The van der Waals surface area contributed by atoms with Crippen LogP contribution in [0.1, 0.15) is 22.3 Å². The molecule has 0 fully saturated rings. The first-order valence-electron chi connectivity index (χ1n) is 10.8. The second-order valence-electron chi connectivity index (χ2n) is 8.20. The molecule has 35 heavy (non-hydrogen) atoms. The van der Waals surface area contributed by atoms with Crippen molar-refractivity contribution in [3.8, 4) is 22.4 Å². The molecule has 4 aromatic carbocycles. The molecule has 0 bridgehead atoms. The van der Waals surface area contributed by atoms with E-state index in [1.54, 1.807) is 0 Å². The van der Waals surface area contributed by atoms with E-state index in [1.807, 2.05) is 12.1 Å². The number of hydrogen-bond donors (Lipinski definition) is 0. The van der Waals surface area contributed by atoms with Gasteiger partial charge < -0.3 is 29.4 Å². The maximum absolute atomic E-state index is 4.17. The van der Waals surface area contributed by atoms with Crippen LogP contribution in [-0.4, -0.2) is 4.57 Å². The van der Waals surface area contributed by atoms with Gasteiger partial charge in [0.15, 0.2) is 0 Å². The summed E-state index contributed by atoms with van der Waals surface area (Å²) in [6.07, 6.45) is 2.10. The van der Waals surface area contributed by atoms with Crippen LogP contribution in [0.15, 0.2) is 83.3 Å². The Kier molecular flexibility index (Phi) is 9.83. The summed E-state index contributed by atoms with van der Waals surface area (Å²) in [7, 11) is 6.31. The van der Waals surface area contributed by atoms with Gasteiger partial charge in [-0.1, -0.05) is 68.5 Å². The molecule has 0 radical (unpaired) electrons. The number of rotatable bonds is 0. The zero-order valence-electron chi connectivity index (χ0n) is 18.9. The van der Waals surface area contributed by atoms with Gasteiger partial charge in [-0.05, 0) is 30.5 Å². The quantitative estimate of drug-likeness (QED) is 0.227. The predicted molar refractivity (Wildman–Crippen MR) is 139 cm³/mol. The average Bonchev–Trinajstić information content (AvgIpc) is 3.51. The smallest absolute Gasteiger partial charge is 0.0454 e. The van der Waals surface area contributed by atoms with Crippen molar-refractivity contribution in [2.45, 2.75) is 12.8 Å². The van der Waals surface area contributed by atoms with E-state index in [1.165, 1.54) is 55.5 Å². The largest absolute Gasteiger partial charge is 0.147 e. The van der Waals surface area contributed by atoms with Crippen LogP contribution in [0.4, 0.5) is 0 Å². The minimum atomic E-state index is 0. The molecule has 7 rings (SSSR count). The van der Waals surface area contributed by atoms with Crippen molar-refractivity contribution in [2.24, 2.45) is 7.05 Å². The third-order valence-corrected chi connectivity index (χ3v) is 6.91.